The summed E-state index contributed by atoms with van der Waals surface area (Å²) in [6.07, 6.45) is 4.17. The molecular weight excluding hydrogens is 755 g/mol. The second-order valence-corrected chi connectivity index (χ2v) is 20.9. The minimum atomic E-state index is 0.0159. The fourth-order valence-electron chi connectivity index (χ4n) is 6.81. The molecule has 0 saturated carbocycles. The maximum absolute atomic E-state index is 5.19. The molecule has 0 amide bonds. The van der Waals surface area contributed by atoms with Crippen molar-refractivity contribution in [3.63, 3.8) is 0 Å². The van der Waals surface area contributed by atoms with Crippen LogP contribution in [0.3, 0.4) is 0 Å². The molecule has 4 aromatic rings. The predicted octanol–water partition coefficient (Wildman–Crippen LogP) is 12.6. The number of rotatable bonds is 7. The Morgan fingerprint density at radius 1 is 0.511 bits per heavy atom. The summed E-state index contributed by atoms with van der Waals surface area (Å²) in [5.74, 6) is 0. The third-order valence-electron chi connectivity index (χ3n) is 8.29. The third-order valence-corrected chi connectivity index (χ3v) is 8.29. The number of halogens is 2. The van der Waals surface area contributed by atoms with E-state index >= 15 is 0 Å². The van der Waals surface area contributed by atoms with Crippen molar-refractivity contribution >= 4 is 73.8 Å². The Labute approximate surface area is 304 Å². The first-order chi connectivity index (χ1) is 21.8. The molecule has 0 saturated heterocycles. The zero-order valence-electron chi connectivity index (χ0n) is 30.4. The van der Waals surface area contributed by atoms with Crippen LogP contribution in [0.4, 0.5) is 11.4 Å². The van der Waals surface area contributed by atoms with E-state index in [1.807, 2.05) is 0 Å². The van der Waals surface area contributed by atoms with Gasteiger partial charge in [0.05, 0.1) is 11.4 Å². The van der Waals surface area contributed by atoms with Crippen molar-refractivity contribution < 1.29 is 10.9 Å². The zero-order chi connectivity index (χ0) is 35.2. The summed E-state index contributed by atoms with van der Waals surface area (Å²) in [7, 11) is 1.25. The van der Waals surface area contributed by atoms with E-state index in [4.69, 9.17) is 9.98 Å². The van der Waals surface area contributed by atoms with E-state index in [1.165, 1.54) is 32.4 Å². The molecule has 0 aliphatic carbocycles. The standard InChI is InChI=1S/C40H54N4.2BrH.Ni/c1-37(2,3)43(38(4,5)6)27-25-41-33-23-21-29-17-13-15-19-31(29)35(33)36-32-20-16-14-18-30(32)22-24-34(36)42-26-28-44(39(7,8)9)40(10,11)12;;;/h13-26H,27-28H2,1-12H3;2*1H;/q;;;+4/p-2. The van der Waals surface area contributed by atoms with Crippen LogP contribution in [0, 0.1) is 0 Å². The van der Waals surface area contributed by atoms with Gasteiger partial charge in [0.15, 0.2) is 0 Å². The molecule has 0 atom stereocenters. The topological polar surface area (TPSA) is 31.2 Å². The van der Waals surface area contributed by atoms with Crippen LogP contribution in [-0.2, 0) is 10.9 Å². The first-order valence-corrected chi connectivity index (χ1v) is 21.2. The molecule has 47 heavy (non-hydrogen) atoms. The quantitative estimate of drug-likeness (QED) is 0.138. The first kappa shape index (κ1) is 39.6. The van der Waals surface area contributed by atoms with Crippen molar-refractivity contribution in [2.45, 2.75) is 105 Å². The van der Waals surface area contributed by atoms with E-state index in [1.54, 1.807) is 0 Å². The van der Waals surface area contributed by atoms with Gasteiger partial charge in [-0.15, -0.1) is 0 Å². The number of nitrogens with zero attached hydrogens (tertiary/aromatic N) is 4. The van der Waals surface area contributed by atoms with Gasteiger partial charge in [-0.2, -0.15) is 0 Å². The van der Waals surface area contributed by atoms with Crippen LogP contribution in [0.15, 0.2) is 82.8 Å². The predicted molar refractivity (Wildman–Crippen MR) is 213 cm³/mol. The summed E-state index contributed by atoms with van der Waals surface area (Å²) in [6, 6.07) is 26.0. The van der Waals surface area contributed by atoms with Gasteiger partial charge < -0.3 is 0 Å². The Kier molecular flexibility index (Phi) is 13.6. The number of benzene rings is 4. The Hall–Kier alpha value is -1.89. The summed E-state index contributed by atoms with van der Waals surface area (Å²) in [5.41, 5.74) is 4.25. The second-order valence-electron chi connectivity index (χ2n) is 15.9. The van der Waals surface area contributed by atoms with Crippen molar-refractivity contribution in [2.75, 3.05) is 13.1 Å². The van der Waals surface area contributed by atoms with Gasteiger partial charge in [0.2, 0.25) is 0 Å². The summed E-state index contributed by atoms with van der Waals surface area (Å²) in [5, 5.41) is 4.76. The fraction of sp³-hybridized carbons (Fsp3) is 0.450. The average molecular weight is 809 g/mol. The Morgan fingerprint density at radius 2 is 0.809 bits per heavy atom. The first-order valence-electron chi connectivity index (χ1n) is 16.3. The monoisotopic (exact) mass is 806 g/mol. The van der Waals surface area contributed by atoms with E-state index in [0.29, 0.717) is 0 Å². The number of hydrogen-bond acceptors (Lipinski definition) is 4. The van der Waals surface area contributed by atoms with Gasteiger partial charge in [-0.1, -0.05) is 60.7 Å². The molecule has 0 heterocycles. The van der Waals surface area contributed by atoms with Crippen LogP contribution in [0.25, 0.3) is 32.7 Å². The molecule has 0 spiro atoms. The van der Waals surface area contributed by atoms with Gasteiger partial charge in [-0.25, -0.2) is 0 Å². The van der Waals surface area contributed by atoms with E-state index in [2.05, 4.69) is 207 Å². The number of fused-ring (bicyclic) bond motifs is 2. The summed E-state index contributed by atoms with van der Waals surface area (Å²) in [6.45, 7) is 28.8. The SMILES string of the molecule is CC(C)(C)N(CC=Nc1ccc2ccccc2c1-c1c(N=CCN(C(C)(C)C)C(C)(C)C)ccc2ccccc12)C(C)(C)C.[Br][Ni+2][Br]. The maximum atomic E-state index is 5.19. The molecule has 0 bridgehead atoms. The Bertz CT molecular complexity index is 1530. The molecule has 0 fully saturated rings. The molecule has 0 N–H and O–H groups in total. The Morgan fingerprint density at radius 3 is 1.11 bits per heavy atom. The van der Waals surface area contributed by atoms with E-state index < -0.39 is 0 Å². The van der Waals surface area contributed by atoms with Gasteiger partial charge in [0.25, 0.3) is 0 Å². The van der Waals surface area contributed by atoms with Crippen LogP contribution in [-0.4, -0.2) is 57.5 Å². The van der Waals surface area contributed by atoms with Crippen LogP contribution >= 0.6 is 28.5 Å². The van der Waals surface area contributed by atoms with Gasteiger partial charge in [0.1, 0.15) is 0 Å². The third kappa shape index (κ3) is 10.6. The van der Waals surface area contributed by atoms with Crippen molar-refractivity contribution in [1.82, 2.24) is 9.80 Å². The molecule has 0 aliphatic rings. The molecule has 4 aromatic carbocycles. The van der Waals surface area contributed by atoms with E-state index in [-0.39, 0.29) is 22.2 Å². The van der Waals surface area contributed by atoms with Crippen LogP contribution in [0.5, 0.6) is 0 Å². The molecule has 0 aromatic heterocycles. The van der Waals surface area contributed by atoms with Crippen molar-refractivity contribution in [3.05, 3.63) is 72.8 Å². The normalized spacial score (nSPS) is 13.4. The number of hydrogen-bond donors (Lipinski definition) is 0. The van der Waals surface area contributed by atoms with Crippen LogP contribution in [0.1, 0.15) is 83.1 Å². The van der Waals surface area contributed by atoms with Gasteiger partial charge >= 0.3 is 39.3 Å². The van der Waals surface area contributed by atoms with E-state index in [9.17, 15) is 0 Å². The fourth-order valence-corrected chi connectivity index (χ4v) is 6.81. The zero-order valence-corrected chi connectivity index (χ0v) is 34.5. The van der Waals surface area contributed by atoms with E-state index in [0.717, 1.165) is 35.6 Å². The summed E-state index contributed by atoms with van der Waals surface area (Å²) in [4.78, 5) is 15.4. The molecule has 4 rings (SSSR count). The molecule has 4 nitrogen and oxygen atoms in total. The molecule has 256 valence electrons. The van der Waals surface area contributed by atoms with Crippen molar-refractivity contribution in [2.24, 2.45) is 9.98 Å². The van der Waals surface area contributed by atoms with Crippen LogP contribution < -0.4 is 0 Å². The van der Waals surface area contributed by atoms with Crippen LogP contribution in [0.2, 0.25) is 0 Å². The number of aliphatic imine (C=N–C) groups is 2. The minimum absolute atomic E-state index is 0.0159. The van der Waals surface area contributed by atoms with Gasteiger partial charge in [-0.05, 0) is 117 Å². The second kappa shape index (κ2) is 16.2. The Balaban J connectivity index is 0.00000192. The molecule has 7 heteroatoms. The molecule has 0 unspecified atom stereocenters. The van der Waals surface area contributed by atoms with Gasteiger partial charge in [0, 0.05) is 58.8 Å². The molecule has 0 radical (unpaired) electrons. The molecular formula is C40H54Br2N4Ni+2. The average Bonchev–Trinajstić information content (AvgIpc) is 2.95. The van der Waals surface area contributed by atoms with Crippen molar-refractivity contribution in [3.8, 4) is 11.1 Å². The van der Waals surface area contributed by atoms with Crippen molar-refractivity contribution in [1.29, 1.82) is 0 Å². The summed E-state index contributed by atoms with van der Waals surface area (Å²) >= 11 is 6.00. The molecule has 0 aliphatic heterocycles. The van der Waals surface area contributed by atoms with Gasteiger partial charge in [-0.3, -0.25) is 19.8 Å². The summed E-state index contributed by atoms with van der Waals surface area (Å²) < 4.78 is 0.